The van der Waals surface area contributed by atoms with Crippen LogP contribution in [-0.2, 0) is 13.0 Å². The summed E-state index contributed by atoms with van der Waals surface area (Å²) in [6.45, 7) is 3.96. The molecule has 0 amide bonds. The largest absolute Gasteiger partial charge is 0.460 e. The Morgan fingerprint density at radius 2 is 1.93 bits per heavy atom. The fraction of sp³-hybridized carbons (Fsp3) is 0.360. The van der Waals surface area contributed by atoms with Crippen molar-refractivity contribution in [3.05, 3.63) is 82.6 Å². The molecule has 1 aliphatic heterocycles. The van der Waals surface area contributed by atoms with Crippen LogP contribution in [0.3, 0.4) is 0 Å². The molecule has 2 atom stereocenters. The number of hydrogen-bond acceptors (Lipinski definition) is 4. The van der Waals surface area contributed by atoms with Crippen molar-refractivity contribution in [3.63, 3.8) is 0 Å². The Morgan fingerprint density at radius 3 is 2.67 bits per heavy atom. The molecular weight excluding hydrogens is 398 g/mol. The number of aliphatic hydroxyl groups excluding tert-OH is 2. The highest BCUT2D eigenvalue weighted by atomic mass is 35.5. The Labute approximate surface area is 182 Å². The van der Waals surface area contributed by atoms with Crippen LogP contribution in [0.25, 0.3) is 11.3 Å². The van der Waals surface area contributed by atoms with Crippen LogP contribution in [0, 0.1) is 12.3 Å². The van der Waals surface area contributed by atoms with Gasteiger partial charge in [0.1, 0.15) is 11.5 Å². The van der Waals surface area contributed by atoms with Gasteiger partial charge in [-0.1, -0.05) is 54.1 Å². The van der Waals surface area contributed by atoms with Crippen LogP contribution in [0.2, 0.25) is 5.02 Å². The van der Waals surface area contributed by atoms with E-state index in [0.717, 1.165) is 39.8 Å². The summed E-state index contributed by atoms with van der Waals surface area (Å²) in [5, 5.41) is 21.7. The molecule has 4 rings (SSSR count). The molecule has 1 aromatic heterocycles. The molecule has 5 heteroatoms. The minimum Gasteiger partial charge on any atom is -0.460 e. The molecule has 2 N–H and O–H groups in total. The molecule has 0 saturated carbocycles. The normalized spacial score (nSPS) is 22.3. The SMILES string of the molecule is Cc1ccc(-c2ccc(CN3CC[C@H](O)[C@](CO)(Cc4ccccc4)C3)o2)cc1Cl. The molecule has 1 aliphatic rings. The van der Waals surface area contributed by atoms with Crippen molar-refractivity contribution in [1.82, 2.24) is 4.90 Å². The first-order chi connectivity index (χ1) is 14.5. The van der Waals surface area contributed by atoms with Crippen molar-refractivity contribution >= 4 is 11.6 Å². The lowest BCUT2D eigenvalue weighted by molar-refractivity contribution is -0.0779. The smallest absolute Gasteiger partial charge is 0.134 e. The Morgan fingerprint density at radius 1 is 1.13 bits per heavy atom. The molecule has 2 aromatic carbocycles. The highest BCUT2D eigenvalue weighted by Crippen LogP contribution is 2.35. The Balaban J connectivity index is 1.48. The third kappa shape index (κ3) is 4.47. The van der Waals surface area contributed by atoms with E-state index in [1.165, 1.54) is 0 Å². The number of halogens is 1. The van der Waals surface area contributed by atoms with E-state index in [1.807, 2.05) is 55.5 Å². The molecule has 0 bridgehead atoms. The van der Waals surface area contributed by atoms with Crippen molar-refractivity contribution < 1.29 is 14.6 Å². The fourth-order valence-electron chi connectivity index (χ4n) is 4.35. The van der Waals surface area contributed by atoms with Crippen molar-refractivity contribution in [2.24, 2.45) is 5.41 Å². The average molecular weight is 426 g/mol. The number of rotatable bonds is 6. The number of aryl methyl sites for hydroxylation is 1. The van der Waals surface area contributed by atoms with E-state index in [1.54, 1.807) is 0 Å². The van der Waals surface area contributed by atoms with Gasteiger partial charge in [-0.3, -0.25) is 4.90 Å². The second-order valence-corrected chi connectivity index (χ2v) is 8.84. The van der Waals surface area contributed by atoms with E-state index >= 15 is 0 Å². The lowest BCUT2D eigenvalue weighted by Gasteiger charge is -2.45. The van der Waals surface area contributed by atoms with Crippen LogP contribution in [0.4, 0.5) is 0 Å². The standard InChI is InChI=1S/C25H28ClNO3/c1-18-7-8-20(13-22(18)26)23-10-9-21(30-23)15-27-12-11-24(29)25(16-27,17-28)14-19-5-3-2-4-6-19/h2-10,13,24,28-29H,11-12,14-17H2,1H3/t24-,25+/m0/s1. The molecule has 4 nitrogen and oxygen atoms in total. The zero-order valence-corrected chi connectivity index (χ0v) is 18.0. The molecular formula is C25H28ClNO3. The van der Waals surface area contributed by atoms with E-state index < -0.39 is 11.5 Å². The van der Waals surface area contributed by atoms with Crippen molar-refractivity contribution in [3.8, 4) is 11.3 Å². The molecule has 1 saturated heterocycles. The number of aliphatic hydroxyl groups is 2. The average Bonchev–Trinajstić information content (AvgIpc) is 3.22. The zero-order valence-electron chi connectivity index (χ0n) is 17.2. The molecule has 0 aliphatic carbocycles. The lowest BCUT2D eigenvalue weighted by Crippen LogP contribution is -2.54. The second kappa shape index (κ2) is 8.94. The van der Waals surface area contributed by atoms with Gasteiger partial charge in [0.2, 0.25) is 0 Å². The summed E-state index contributed by atoms with van der Waals surface area (Å²) in [5.41, 5.74) is 2.56. The number of likely N-dealkylation sites (tertiary alicyclic amines) is 1. The van der Waals surface area contributed by atoms with E-state index in [9.17, 15) is 10.2 Å². The van der Waals surface area contributed by atoms with Gasteiger partial charge in [0.25, 0.3) is 0 Å². The van der Waals surface area contributed by atoms with Gasteiger partial charge in [0, 0.05) is 29.1 Å². The zero-order chi connectivity index (χ0) is 21.1. The van der Waals surface area contributed by atoms with Gasteiger partial charge >= 0.3 is 0 Å². The molecule has 158 valence electrons. The van der Waals surface area contributed by atoms with Crippen LogP contribution in [0.5, 0.6) is 0 Å². The van der Waals surface area contributed by atoms with Gasteiger partial charge in [0.05, 0.1) is 19.3 Å². The Hall–Kier alpha value is -2.11. The highest BCUT2D eigenvalue weighted by Gasteiger charge is 2.42. The van der Waals surface area contributed by atoms with E-state index in [4.69, 9.17) is 16.0 Å². The first kappa shape index (κ1) is 21.1. The maximum atomic E-state index is 10.7. The fourth-order valence-corrected chi connectivity index (χ4v) is 4.53. The molecule has 2 heterocycles. The van der Waals surface area contributed by atoms with Gasteiger partial charge in [0.15, 0.2) is 0 Å². The first-order valence-corrected chi connectivity index (χ1v) is 10.8. The number of furan rings is 1. The predicted octanol–water partition coefficient (Wildman–Crippen LogP) is 4.70. The minimum atomic E-state index is -0.570. The maximum absolute atomic E-state index is 10.7. The summed E-state index contributed by atoms with van der Waals surface area (Å²) in [5.74, 6) is 1.66. The third-order valence-corrected chi connectivity index (χ3v) is 6.58. The van der Waals surface area contributed by atoms with E-state index in [2.05, 4.69) is 17.0 Å². The van der Waals surface area contributed by atoms with Gasteiger partial charge in [-0.15, -0.1) is 0 Å². The summed E-state index contributed by atoms with van der Waals surface area (Å²) >= 11 is 6.26. The molecule has 0 unspecified atom stereocenters. The minimum absolute atomic E-state index is 0.0508. The molecule has 0 radical (unpaired) electrons. The summed E-state index contributed by atoms with van der Waals surface area (Å²) in [7, 11) is 0. The molecule has 30 heavy (non-hydrogen) atoms. The number of hydrogen-bond donors (Lipinski definition) is 2. The summed E-state index contributed by atoms with van der Waals surface area (Å²) < 4.78 is 6.09. The van der Waals surface area contributed by atoms with Crippen molar-refractivity contribution in [1.29, 1.82) is 0 Å². The summed E-state index contributed by atoms with van der Waals surface area (Å²) in [6.07, 6.45) is 0.753. The molecule has 0 spiro atoms. The van der Waals surface area contributed by atoms with Crippen molar-refractivity contribution in [2.75, 3.05) is 19.7 Å². The van der Waals surface area contributed by atoms with Crippen LogP contribution < -0.4 is 0 Å². The van der Waals surface area contributed by atoms with Gasteiger partial charge < -0.3 is 14.6 Å². The van der Waals surface area contributed by atoms with E-state index in [-0.39, 0.29) is 6.61 Å². The van der Waals surface area contributed by atoms with Gasteiger partial charge in [-0.25, -0.2) is 0 Å². The maximum Gasteiger partial charge on any atom is 0.134 e. The Kier molecular flexibility index (Phi) is 6.30. The third-order valence-electron chi connectivity index (χ3n) is 6.18. The lowest BCUT2D eigenvalue weighted by atomic mass is 9.73. The Bertz CT molecular complexity index is 987. The van der Waals surface area contributed by atoms with Crippen LogP contribution in [0.15, 0.2) is 65.1 Å². The summed E-state index contributed by atoms with van der Waals surface area (Å²) in [4.78, 5) is 2.26. The second-order valence-electron chi connectivity index (χ2n) is 8.43. The topological polar surface area (TPSA) is 56.8 Å². The summed E-state index contributed by atoms with van der Waals surface area (Å²) in [6, 6.07) is 20.0. The highest BCUT2D eigenvalue weighted by molar-refractivity contribution is 6.31. The van der Waals surface area contributed by atoms with Gasteiger partial charge in [-0.05, 0) is 49.1 Å². The quantitative estimate of drug-likeness (QED) is 0.601. The number of piperidine rings is 1. The van der Waals surface area contributed by atoms with Gasteiger partial charge in [-0.2, -0.15) is 0 Å². The van der Waals surface area contributed by atoms with Crippen LogP contribution in [-0.4, -0.2) is 40.9 Å². The molecule has 3 aromatic rings. The first-order valence-electron chi connectivity index (χ1n) is 10.4. The molecule has 1 fully saturated rings. The van der Waals surface area contributed by atoms with E-state index in [0.29, 0.717) is 25.9 Å². The monoisotopic (exact) mass is 425 g/mol. The van der Waals surface area contributed by atoms with Crippen LogP contribution >= 0.6 is 11.6 Å². The number of nitrogens with zero attached hydrogens (tertiary/aromatic N) is 1. The predicted molar refractivity (Wildman–Crippen MR) is 119 cm³/mol. The van der Waals surface area contributed by atoms with Crippen molar-refractivity contribution in [2.45, 2.75) is 32.4 Å². The van der Waals surface area contributed by atoms with Crippen LogP contribution in [0.1, 0.15) is 23.3 Å². The number of benzene rings is 2.